The molecule has 1 unspecified atom stereocenters. The summed E-state index contributed by atoms with van der Waals surface area (Å²) in [5.41, 5.74) is 3.75. The Balaban J connectivity index is 3.22. The molecule has 1 aromatic rings. The molecule has 0 aliphatic heterocycles. The highest BCUT2D eigenvalue weighted by Gasteiger charge is 2.30. The minimum absolute atomic E-state index is 0.188. The number of aromatic nitrogens is 1. The number of pyridine rings is 1. The van der Waals surface area contributed by atoms with Crippen LogP contribution in [0.1, 0.15) is 12.6 Å². The molecule has 4 N–H and O–H groups in total. The summed E-state index contributed by atoms with van der Waals surface area (Å²) in [6.45, 7) is 1.32. The van der Waals surface area contributed by atoms with E-state index in [9.17, 15) is 9.59 Å². The molecule has 1 heterocycles. The van der Waals surface area contributed by atoms with Crippen LogP contribution in [0.4, 0.5) is 0 Å². The Kier molecular flexibility index (Phi) is 2.20. The molecule has 5 nitrogen and oxygen atoms in total. The third-order valence-corrected chi connectivity index (χ3v) is 1.77. The average Bonchev–Trinajstić information content (AvgIpc) is 2.04. The van der Waals surface area contributed by atoms with Crippen LogP contribution in [-0.4, -0.2) is 16.1 Å². The molecular formula is C8H10N2O3. The normalized spacial score (nSPS) is 14.9. The zero-order valence-electron chi connectivity index (χ0n) is 7.07. The fourth-order valence-electron chi connectivity index (χ4n) is 0.866. The lowest BCUT2D eigenvalue weighted by Crippen LogP contribution is -2.43. The van der Waals surface area contributed by atoms with Crippen LogP contribution < -0.4 is 11.3 Å². The third kappa shape index (κ3) is 1.75. The molecule has 5 heteroatoms. The third-order valence-electron chi connectivity index (χ3n) is 1.77. The fraction of sp³-hybridized carbons (Fsp3) is 0.250. The first-order valence-electron chi connectivity index (χ1n) is 3.66. The van der Waals surface area contributed by atoms with Gasteiger partial charge in [-0.25, -0.2) is 4.79 Å². The van der Waals surface area contributed by atoms with Gasteiger partial charge >= 0.3 is 5.97 Å². The number of hydrogen-bond acceptors (Lipinski definition) is 3. The molecule has 0 aromatic carbocycles. The van der Waals surface area contributed by atoms with Crippen molar-refractivity contribution in [2.45, 2.75) is 12.5 Å². The predicted octanol–water partition coefficient (Wildman–Crippen LogP) is -0.367. The van der Waals surface area contributed by atoms with Crippen LogP contribution in [0.5, 0.6) is 0 Å². The molecule has 0 saturated heterocycles. The lowest BCUT2D eigenvalue weighted by atomic mass is 9.99. The molecule has 0 bridgehead atoms. The minimum atomic E-state index is -1.56. The van der Waals surface area contributed by atoms with Crippen molar-refractivity contribution < 1.29 is 9.90 Å². The second-order valence-electron chi connectivity index (χ2n) is 2.94. The van der Waals surface area contributed by atoms with Crippen LogP contribution in [0.15, 0.2) is 23.0 Å². The monoisotopic (exact) mass is 182 g/mol. The summed E-state index contributed by atoms with van der Waals surface area (Å²) < 4.78 is 0. The first-order valence-corrected chi connectivity index (χ1v) is 3.66. The molecule has 0 radical (unpaired) electrons. The van der Waals surface area contributed by atoms with E-state index in [1.54, 1.807) is 0 Å². The highest BCUT2D eigenvalue weighted by atomic mass is 16.4. The SMILES string of the molecule is CC(N)(C(=O)O)c1cccc(=O)[nH]1. The summed E-state index contributed by atoms with van der Waals surface area (Å²) in [6.07, 6.45) is 0. The van der Waals surface area contributed by atoms with Gasteiger partial charge in [-0.15, -0.1) is 0 Å². The van der Waals surface area contributed by atoms with Gasteiger partial charge in [-0.05, 0) is 13.0 Å². The van der Waals surface area contributed by atoms with E-state index in [1.165, 1.54) is 25.1 Å². The Morgan fingerprint density at radius 1 is 1.62 bits per heavy atom. The maximum atomic E-state index is 10.9. The van der Waals surface area contributed by atoms with Gasteiger partial charge in [0, 0.05) is 11.8 Å². The molecule has 0 aliphatic carbocycles. The fourth-order valence-corrected chi connectivity index (χ4v) is 0.866. The predicted molar refractivity (Wildman–Crippen MR) is 46.2 cm³/mol. The molecule has 0 saturated carbocycles. The van der Waals surface area contributed by atoms with Gasteiger partial charge in [-0.1, -0.05) is 6.07 Å². The second kappa shape index (κ2) is 3.02. The maximum Gasteiger partial charge on any atom is 0.329 e. The molecule has 1 atom stereocenters. The van der Waals surface area contributed by atoms with E-state index in [0.29, 0.717) is 0 Å². The van der Waals surface area contributed by atoms with Crippen molar-refractivity contribution in [1.29, 1.82) is 0 Å². The van der Waals surface area contributed by atoms with E-state index in [2.05, 4.69) is 4.98 Å². The Hall–Kier alpha value is -1.62. The quantitative estimate of drug-likeness (QED) is 0.581. The first-order chi connectivity index (χ1) is 5.94. The lowest BCUT2D eigenvalue weighted by Gasteiger charge is -2.18. The molecule has 0 spiro atoms. The average molecular weight is 182 g/mol. The lowest BCUT2D eigenvalue weighted by molar-refractivity contribution is -0.143. The topological polar surface area (TPSA) is 96.2 Å². The highest BCUT2D eigenvalue weighted by Crippen LogP contribution is 2.12. The molecule has 70 valence electrons. The number of carbonyl (C=O) groups is 1. The molecule has 0 fully saturated rings. The zero-order valence-corrected chi connectivity index (χ0v) is 7.07. The first kappa shape index (κ1) is 9.47. The van der Waals surface area contributed by atoms with Crippen molar-refractivity contribution in [1.82, 2.24) is 4.98 Å². The number of carboxylic acids is 1. The summed E-state index contributed by atoms with van der Waals surface area (Å²) in [5.74, 6) is -1.19. The smallest absolute Gasteiger partial charge is 0.329 e. The molecule has 0 aliphatic rings. The number of H-pyrrole nitrogens is 1. The van der Waals surface area contributed by atoms with Crippen LogP contribution in [0.3, 0.4) is 0 Å². The van der Waals surface area contributed by atoms with Crippen LogP contribution in [-0.2, 0) is 10.3 Å². The highest BCUT2D eigenvalue weighted by molar-refractivity contribution is 5.79. The maximum absolute atomic E-state index is 10.9. The van der Waals surface area contributed by atoms with Gasteiger partial charge < -0.3 is 15.8 Å². The van der Waals surface area contributed by atoms with Gasteiger partial charge in [0.05, 0.1) is 0 Å². The standard InChI is InChI=1S/C8H10N2O3/c1-8(9,7(12)13)5-3-2-4-6(11)10-5/h2-4H,9H2,1H3,(H,10,11)(H,12,13). The number of nitrogens with one attached hydrogen (secondary N) is 1. The van der Waals surface area contributed by atoms with Gasteiger partial charge in [-0.3, -0.25) is 4.79 Å². The van der Waals surface area contributed by atoms with Crippen molar-refractivity contribution in [2.75, 3.05) is 0 Å². The summed E-state index contributed by atoms with van der Waals surface area (Å²) in [6, 6.07) is 4.22. The number of rotatable bonds is 2. The van der Waals surface area contributed by atoms with Crippen LogP contribution >= 0.6 is 0 Å². The van der Waals surface area contributed by atoms with E-state index in [-0.39, 0.29) is 11.3 Å². The molecule has 1 aromatic heterocycles. The summed E-state index contributed by atoms with van der Waals surface area (Å²) in [5, 5.41) is 8.74. The minimum Gasteiger partial charge on any atom is -0.480 e. The Bertz CT molecular complexity index is 381. The van der Waals surface area contributed by atoms with Crippen LogP contribution in [0.25, 0.3) is 0 Å². The van der Waals surface area contributed by atoms with Gasteiger partial charge in [0.15, 0.2) is 5.54 Å². The van der Waals surface area contributed by atoms with Gasteiger partial charge in [-0.2, -0.15) is 0 Å². The van der Waals surface area contributed by atoms with Crippen molar-refractivity contribution in [3.63, 3.8) is 0 Å². The van der Waals surface area contributed by atoms with Gasteiger partial charge in [0.1, 0.15) is 0 Å². The van der Waals surface area contributed by atoms with E-state index < -0.39 is 11.5 Å². The van der Waals surface area contributed by atoms with Gasteiger partial charge in [0.25, 0.3) is 0 Å². The number of carboxylic acid groups (broad SMARTS) is 1. The molecule has 1 rings (SSSR count). The van der Waals surface area contributed by atoms with E-state index in [0.717, 1.165) is 0 Å². The second-order valence-corrected chi connectivity index (χ2v) is 2.94. The Morgan fingerprint density at radius 3 is 2.69 bits per heavy atom. The number of aromatic amines is 1. The van der Waals surface area contributed by atoms with Crippen LogP contribution in [0.2, 0.25) is 0 Å². The largest absolute Gasteiger partial charge is 0.480 e. The number of nitrogens with two attached hydrogens (primary N) is 1. The number of hydrogen-bond donors (Lipinski definition) is 3. The summed E-state index contributed by atoms with van der Waals surface area (Å²) in [4.78, 5) is 23.9. The molecule has 0 amide bonds. The van der Waals surface area contributed by atoms with E-state index in [1.807, 2.05) is 0 Å². The van der Waals surface area contributed by atoms with Crippen molar-refractivity contribution in [2.24, 2.45) is 5.73 Å². The van der Waals surface area contributed by atoms with E-state index in [4.69, 9.17) is 10.8 Å². The van der Waals surface area contributed by atoms with Crippen molar-refractivity contribution >= 4 is 5.97 Å². The van der Waals surface area contributed by atoms with E-state index >= 15 is 0 Å². The van der Waals surface area contributed by atoms with Crippen molar-refractivity contribution in [3.05, 3.63) is 34.2 Å². The zero-order chi connectivity index (χ0) is 10.1. The molecular weight excluding hydrogens is 172 g/mol. The number of aliphatic carboxylic acids is 1. The Labute approximate surface area is 74.2 Å². The van der Waals surface area contributed by atoms with Crippen LogP contribution in [0, 0.1) is 0 Å². The van der Waals surface area contributed by atoms with Crippen molar-refractivity contribution in [3.8, 4) is 0 Å². The summed E-state index contributed by atoms with van der Waals surface area (Å²) in [7, 11) is 0. The summed E-state index contributed by atoms with van der Waals surface area (Å²) >= 11 is 0. The van der Waals surface area contributed by atoms with Gasteiger partial charge in [0.2, 0.25) is 5.56 Å². The Morgan fingerprint density at radius 2 is 2.23 bits per heavy atom. The molecule has 13 heavy (non-hydrogen) atoms.